The van der Waals surface area contributed by atoms with Gasteiger partial charge in [-0.3, -0.25) is 0 Å². The first-order valence-electron chi connectivity index (χ1n) is 4.37. The molecule has 1 unspecified atom stereocenters. The number of halogens is 1. The van der Waals surface area contributed by atoms with Gasteiger partial charge in [-0.05, 0) is 25.5 Å². The standard InChI is InChI=1S/C9H12ClNO3S2/c1-7-4-5-9(8(2)6-7)15(3,12)11-16(10,13)14/h4-6H,1-3H3. The van der Waals surface area contributed by atoms with E-state index in [-0.39, 0.29) is 0 Å². The second-order valence-corrected chi connectivity index (χ2v) is 8.19. The summed E-state index contributed by atoms with van der Waals surface area (Å²) in [5.74, 6) is 0. The highest BCUT2D eigenvalue weighted by atomic mass is 35.7. The summed E-state index contributed by atoms with van der Waals surface area (Å²) in [7, 11) is -2.17. The SMILES string of the molecule is Cc1ccc(S(C)(=O)=NS(=O)(=O)Cl)c(C)c1. The fraction of sp³-hybridized carbons (Fsp3) is 0.333. The highest BCUT2D eigenvalue weighted by Crippen LogP contribution is 2.20. The molecule has 4 nitrogen and oxygen atoms in total. The molecule has 0 amide bonds. The quantitative estimate of drug-likeness (QED) is 0.781. The van der Waals surface area contributed by atoms with E-state index < -0.39 is 19.0 Å². The Bertz CT molecular complexity index is 628. The number of benzene rings is 1. The lowest BCUT2D eigenvalue weighted by molar-refractivity contribution is 0.611. The molecule has 0 saturated carbocycles. The molecule has 0 spiro atoms. The third-order valence-electron chi connectivity index (χ3n) is 1.97. The van der Waals surface area contributed by atoms with E-state index in [4.69, 9.17) is 10.7 Å². The summed E-state index contributed by atoms with van der Waals surface area (Å²) in [6.45, 7) is 3.64. The zero-order valence-corrected chi connectivity index (χ0v) is 11.5. The van der Waals surface area contributed by atoms with Crippen molar-refractivity contribution >= 4 is 29.6 Å². The third-order valence-corrected chi connectivity index (χ3v) is 5.60. The van der Waals surface area contributed by atoms with Crippen molar-refractivity contribution in [3.05, 3.63) is 29.3 Å². The average Bonchev–Trinajstić information content (AvgIpc) is 1.97. The Balaban J connectivity index is 3.51. The predicted molar refractivity (Wildman–Crippen MR) is 65.4 cm³/mol. The minimum atomic E-state index is -4.14. The summed E-state index contributed by atoms with van der Waals surface area (Å²) in [5.41, 5.74) is 1.74. The Morgan fingerprint density at radius 1 is 1.19 bits per heavy atom. The molecule has 0 bridgehead atoms. The molecule has 0 heterocycles. The van der Waals surface area contributed by atoms with E-state index in [1.807, 2.05) is 13.0 Å². The second-order valence-electron chi connectivity index (χ2n) is 3.56. The van der Waals surface area contributed by atoms with Crippen molar-refractivity contribution in [1.29, 1.82) is 0 Å². The van der Waals surface area contributed by atoms with Crippen LogP contribution in [0.15, 0.2) is 26.9 Å². The van der Waals surface area contributed by atoms with Crippen molar-refractivity contribution in [2.24, 2.45) is 3.77 Å². The Morgan fingerprint density at radius 3 is 2.19 bits per heavy atom. The summed E-state index contributed by atoms with van der Waals surface area (Å²) in [5, 5.41) is 0. The van der Waals surface area contributed by atoms with Crippen molar-refractivity contribution in [3.63, 3.8) is 0 Å². The van der Waals surface area contributed by atoms with E-state index >= 15 is 0 Å². The van der Waals surface area contributed by atoms with Gasteiger partial charge in [-0.1, -0.05) is 21.5 Å². The van der Waals surface area contributed by atoms with Crippen molar-refractivity contribution < 1.29 is 12.6 Å². The Morgan fingerprint density at radius 2 is 1.75 bits per heavy atom. The van der Waals surface area contributed by atoms with E-state index in [1.54, 1.807) is 19.1 Å². The number of hydrogen-bond donors (Lipinski definition) is 0. The van der Waals surface area contributed by atoms with Gasteiger partial charge in [0.25, 0.3) is 0 Å². The molecule has 0 aromatic heterocycles. The van der Waals surface area contributed by atoms with Gasteiger partial charge in [0.2, 0.25) is 0 Å². The molecular weight excluding hydrogens is 270 g/mol. The van der Waals surface area contributed by atoms with Crippen LogP contribution in [0.2, 0.25) is 0 Å². The Kier molecular flexibility index (Phi) is 3.66. The predicted octanol–water partition coefficient (Wildman–Crippen LogP) is 2.24. The molecule has 0 fully saturated rings. The average molecular weight is 282 g/mol. The molecule has 0 N–H and O–H groups in total. The third kappa shape index (κ3) is 3.47. The van der Waals surface area contributed by atoms with Crippen LogP contribution in [0.1, 0.15) is 11.1 Å². The van der Waals surface area contributed by atoms with Gasteiger partial charge in [0.15, 0.2) is 0 Å². The van der Waals surface area contributed by atoms with Gasteiger partial charge in [0.1, 0.15) is 0 Å². The first-order chi connectivity index (χ1) is 7.12. The topological polar surface area (TPSA) is 63.6 Å². The van der Waals surface area contributed by atoms with Crippen LogP contribution in [-0.4, -0.2) is 18.9 Å². The van der Waals surface area contributed by atoms with Crippen LogP contribution in [-0.2, 0) is 19.0 Å². The molecule has 0 radical (unpaired) electrons. The van der Waals surface area contributed by atoms with E-state index in [9.17, 15) is 12.6 Å². The largest absolute Gasteiger partial charge is 0.347 e. The summed E-state index contributed by atoms with van der Waals surface area (Å²) in [4.78, 5) is 0.391. The monoisotopic (exact) mass is 281 g/mol. The summed E-state index contributed by atoms with van der Waals surface area (Å²) in [6, 6.07) is 5.18. The van der Waals surface area contributed by atoms with Crippen molar-refractivity contribution in [1.82, 2.24) is 0 Å². The van der Waals surface area contributed by atoms with E-state index in [0.717, 1.165) is 11.1 Å². The fourth-order valence-electron chi connectivity index (χ4n) is 1.43. The zero-order valence-electron chi connectivity index (χ0n) is 9.10. The van der Waals surface area contributed by atoms with E-state index in [2.05, 4.69) is 3.77 Å². The molecule has 1 rings (SSSR count). The Hall–Kier alpha value is -0.590. The lowest BCUT2D eigenvalue weighted by Crippen LogP contribution is -2.02. The van der Waals surface area contributed by atoms with Crippen LogP contribution in [0.5, 0.6) is 0 Å². The molecular formula is C9H12ClNO3S2. The first-order valence-corrected chi connectivity index (χ1v) is 8.56. The van der Waals surface area contributed by atoms with Gasteiger partial charge in [0, 0.05) is 16.9 Å². The van der Waals surface area contributed by atoms with E-state index in [0.29, 0.717) is 4.90 Å². The minimum absolute atomic E-state index is 0.391. The minimum Gasteiger partial charge on any atom is -0.244 e. The van der Waals surface area contributed by atoms with Crippen LogP contribution in [0.4, 0.5) is 0 Å². The smallest absolute Gasteiger partial charge is 0.244 e. The molecule has 16 heavy (non-hydrogen) atoms. The van der Waals surface area contributed by atoms with Gasteiger partial charge in [-0.25, -0.2) is 4.21 Å². The second kappa shape index (κ2) is 4.35. The molecule has 0 aliphatic heterocycles. The van der Waals surface area contributed by atoms with E-state index in [1.165, 1.54) is 6.26 Å². The zero-order chi connectivity index (χ0) is 12.6. The van der Waals surface area contributed by atoms with Crippen LogP contribution in [0, 0.1) is 13.8 Å². The summed E-state index contributed by atoms with van der Waals surface area (Å²) in [6.07, 6.45) is 1.25. The van der Waals surface area contributed by atoms with Crippen LogP contribution in [0.25, 0.3) is 0 Å². The van der Waals surface area contributed by atoms with Crippen molar-refractivity contribution in [2.45, 2.75) is 18.7 Å². The highest BCUT2D eigenvalue weighted by molar-refractivity contribution is 8.17. The van der Waals surface area contributed by atoms with Crippen molar-refractivity contribution in [3.8, 4) is 0 Å². The van der Waals surface area contributed by atoms with Gasteiger partial charge in [-0.2, -0.15) is 8.42 Å². The lowest BCUT2D eigenvalue weighted by atomic mass is 10.2. The fourth-order valence-corrected chi connectivity index (χ4v) is 5.06. The lowest BCUT2D eigenvalue weighted by Gasteiger charge is -2.07. The van der Waals surface area contributed by atoms with Crippen molar-refractivity contribution in [2.75, 3.05) is 6.26 Å². The van der Waals surface area contributed by atoms with Crippen LogP contribution in [0.3, 0.4) is 0 Å². The molecule has 1 aromatic rings. The Labute approximate surface area is 100 Å². The molecule has 0 aliphatic carbocycles. The molecule has 0 saturated heterocycles. The molecule has 1 atom stereocenters. The summed E-state index contributed by atoms with van der Waals surface area (Å²) < 4.78 is 36.9. The normalized spacial score (nSPS) is 15.5. The van der Waals surface area contributed by atoms with Crippen LogP contribution < -0.4 is 0 Å². The maximum atomic E-state index is 12.1. The molecule has 7 heteroatoms. The first kappa shape index (κ1) is 13.5. The molecule has 0 aliphatic rings. The van der Waals surface area contributed by atoms with Gasteiger partial charge >= 0.3 is 9.24 Å². The number of aryl methyl sites for hydroxylation is 2. The molecule has 1 aromatic carbocycles. The maximum absolute atomic E-state index is 12.1. The summed E-state index contributed by atoms with van der Waals surface area (Å²) >= 11 is 0. The molecule has 90 valence electrons. The number of rotatable bonds is 2. The number of hydrogen-bond acceptors (Lipinski definition) is 3. The van der Waals surface area contributed by atoms with Gasteiger partial charge < -0.3 is 0 Å². The van der Waals surface area contributed by atoms with Gasteiger partial charge in [0.05, 0.1) is 14.6 Å². The van der Waals surface area contributed by atoms with Gasteiger partial charge in [-0.15, -0.1) is 0 Å². The highest BCUT2D eigenvalue weighted by Gasteiger charge is 2.13. The maximum Gasteiger partial charge on any atom is 0.347 e. The number of nitrogens with zero attached hydrogens (tertiary/aromatic N) is 1. The van der Waals surface area contributed by atoms with Crippen LogP contribution >= 0.6 is 10.7 Å².